The molecule has 4 nitrogen and oxygen atoms in total. The van der Waals surface area contributed by atoms with Crippen molar-refractivity contribution in [1.29, 1.82) is 0 Å². The summed E-state index contributed by atoms with van der Waals surface area (Å²) in [6.45, 7) is 3.65. The Morgan fingerprint density at radius 2 is 0.943 bits per heavy atom. The highest BCUT2D eigenvalue weighted by Crippen LogP contribution is 2.60. The van der Waals surface area contributed by atoms with Gasteiger partial charge in [0.1, 0.15) is 7.14 Å². The van der Waals surface area contributed by atoms with Crippen LogP contribution < -0.4 is 5.30 Å². The van der Waals surface area contributed by atoms with Gasteiger partial charge >= 0.3 is 0 Å². The summed E-state index contributed by atoms with van der Waals surface area (Å²) in [5, 5.41) is 0.921. The highest BCUT2D eigenvalue weighted by Gasteiger charge is 2.52. The van der Waals surface area contributed by atoms with Crippen molar-refractivity contribution in [3.05, 3.63) is 169 Å². The molecule has 9 rings (SSSR count). The number of fused-ring (bicyclic) bond motifs is 2. The topological polar surface area (TPSA) is 55.7 Å². The quantitative estimate of drug-likeness (QED) is 0.148. The maximum atomic E-state index is 12.6. The first-order valence-corrected chi connectivity index (χ1v) is 21.3. The van der Waals surface area contributed by atoms with E-state index in [0.717, 1.165) is 44.6 Å². The predicted molar refractivity (Wildman–Crippen MR) is 219 cm³/mol. The maximum Gasteiger partial charge on any atom is 0.164 e. The Morgan fingerprint density at radius 3 is 1.47 bits per heavy atom. The van der Waals surface area contributed by atoms with Gasteiger partial charge in [0, 0.05) is 27.4 Å². The van der Waals surface area contributed by atoms with Crippen LogP contribution in [0.5, 0.6) is 0 Å². The molecule has 0 radical (unpaired) electrons. The van der Waals surface area contributed by atoms with Gasteiger partial charge in [0.2, 0.25) is 0 Å². The Morgan fingerprint density at radius 1 is 0.491 bits per heavy atom. The summed E-state index contributed by atoms with van der Waals surface area (Å²) in [5.41, 5.74) is 10.3. The van der Waals surface area contributed by atoms with Crippen LogP contribution in [0.3, 0.4) is 0 Å². The van der Waals surface area contributed by atoms with E-state index in [9.17, 15) is 4.57 Å². The Labute approximate surface area is 312 Å². The first-order chi connectivity index (χ1) is 25.8. The smallest absolute Gasteiger partial charge is 0.164 e. The van der Waals surface area contributed by atoms with E-state index in [4.69, 9.17) is 15.0 Å². The molecule has 1 aromatic heterocycles. The average Bonchev–Trinajstić information content (AvgIpc) is 3.84. The molecule has 260 valence electrons. The van der Waals surface area contributed by atoms with Crippen molar-refractivity contribution < 1.29 is 4.57 Å². The van der Waals surface area contributed by atoms with Gasteiger partial charge in [0.15, 0.2) is 17.5 Å². The fourth-order valence-electron chi connectivity index (χ4n) is 8.91. The molecule has 5 heteroatoms. The monoisotopic (exact) mass is 707 g/mol. The molecule has 0 N–H and O–H groups in total. The second-order valence-corrected chi connectivity index (χ2v) is 18.4. The largest absolute Gasteiger partial charge is 0.319 e. The Kier molecular flexibility index (Phi) is 8.52. The van der Waals surface area contributed by atoms with E-state index in [-0.39, 0.29) is 5.41 Å². The van der Waals surface area contributed by atoms with Gasteiger partial charge in [0.25, 0.3) is 0 Å². The molecule has 0 saturated heterocycles. The van der Waals surface area contributed by atoms with E-state index < -0.39 is 7.14 Å². The summed E-state index contributed by atoms with van der Waals surface area (Å²) in [6, 6.07) is 55.6. The molecule has 7 aromatic rings. The van der Waals surface area contributed by atoms with Crippen molar-refractivity contribution in [1.82, 2.24) is 15.0 Å². The molecule has 2 saturated carbocycles. The van der Waals surface area contributed by atoms with Crippen molar-refractivity contribution in [3.8, 4) is 56.4 Å². The number of rotatable bonds is 8. The van der Waals surface area contributed by atoms with E-state index in [1.165, 1.54) is 42.4 Å². The second kappa shape index (κ2) is 13.5. The van der Waals surface area contributed by atoms with Crippen LogP contribution in [0, 0.1) is 11.8 Å². The van der Waals surface area contributed by atoms with Gasteiger partial charge in [-0.3, -0.25) is 0 Å². The lowest BCUT2D eigenvalue weighted by Gasteiger charge is -2.39. The minimum Gasteiger partial charge on any atom is -0.319 e. The third-order valence-electron chi connectivity index (χ3n) is 11.6. The van der Waals surface area contributed by atoms with Gasteiger partial charge in [-0.25, -0.2) is 15.0 Å². The number of hydrogen-bond donors (Lipinski definition) is 0. The summed E-state index contributed by atoms with van der Waals surface area (Å²) in [7, 11) is -2.28. The van der Waals surface area contributed by atoms with E-state index in [1.54, 1.807) is 0 Å². The van der Waals surface area contributed by atoms with Gasteiger partial charge in [0.05, 0.1) is 0 Å². The first-order valence-electron chi connectivity index (χ1n) is 18.7. The van der Waals surface area contributed by atoms with Crippen LogP contribution in [0.1, 0.15) is 36.8 Å². The number of nitrogens with zero attached hydrogens (tertiary/aromatic N) is 3. The van der Waals surface area contributed by atoms with Crippen LogP contribution in [0.25, 0.3) is 56.4 Å². The molecule has 53 heavy (non-hydrogen) atoms. The molecule has 2 fully saturated rings. The predicted octanol–water partition coefficient (Wildman–Crippen LogP) is 11.6. The zero-order valence-electron chi connectivity index (χ0n) is 30.2. The van der Waals surface area contributed by atoms with Crippen molar-refractivity contribution in [2.75, 3.05) is 13.3 Å². The van der Waals surface area contributed by atoms with Crippen LogP contribution in [0.4, 0.5) is 0 Å². The lowest BCUT2D eigenvalue weighted by Crippen LogP contribution is -2.34. The third-order valence-corrected chi connectivity index (χ3v) is 13.2. The van der Waals surface area contributed by atoms with E-state index in [1.807, 2.05) is 49.7 Å². The van der Waals surface area contributed by atoms with Gasteiger partial charge in [-0.2, -0.15) is 0 Å². The first kappa shape index (κ1) is 33.4. The second-order valence-electron chi connectivity index (χ2n) is 15.2. The van der Waals surface area contributed by atoms with Crippen LogP contribution >= 0.6 is 7.14 Å². The van der Waals surface area contributed by atoms with Crippen LogP contribution in [0.2, 0.25) is 0 Å². The molecule has 2 aliphatic rings. The van der Waals surface area contributed by atoms with Crippen LogP contribution in [0.15, 0.2) is 158 Å². The SMILES string of the molecule is CP(C)(=O)c1ccc(-c2ccc(C3(c4ccc(-c5nc(-c6ccccc6)nc(-c6cccc(-c7ccccc7)c6)n5)cc4)CC4CCC3C4)cc2)cc1. The summed E-state index contributed by atoms with van der Waals surface area (Å²) in [5.74, 6) is 3.38. The normalized spacial score (nSPS) is 19.4. The van der Waals surface area contributed by atoms with Gasteiger partial charge in [-0.1, -0.05) is 158 Å². The third kappa shape index (κ3) is 6.36. The molecular formula is C48H42N3OP. The standard InChI is InChI=1S/C48H42N3OP/c1-53(2,52)44-28-21-36(22-29-44)35-17-24-41(25-18-35)48(32-33-16-23-43(48)30-33)42-26-19-38(20-27-42)46-49-45(37-12-7-4-8-13-37)50-47(51-46)40-15-9-14-39(31-40)34-10-5-3-6-11-34/h3-15,17-22,24-29,31,33,43H,16,23,30,32H2,1-2H3. The minimum atomic E-state index is -2.28. The molecule has 3 atom stereocenters. The van der Waals surface area contributed by atoms with Crippen molar-refractivity contribution in [2.45, 2.75) is 31.1 Å². The van der Waals surface area contributed by atoms with Crippen molar-refractivity contribution >= 4 is 12.4 Å². The van der Waals surface area contributed by atoms with Gasteiger partial charge in [-0.05, 0) is 83.9 Å². The van der Waals surface area contributed by atoms with Crippen LogP contribution in [-0.2, 0) is 9.98 Å². The molecule has 2 bridgehead atoms. The molecule has 3 unspecified atom stereocenters. The zero-order chi connectivity index (χ0) is 36.0. The summed E-state index contributed by atoms with van der Waals surface area (Å²) >= 11 is 0. The molecular weight excluding hydrogens is 666 g/mol. The van der Waals surface area contributed by atoms with E-state index in [2.05, 4.69) is 121 Å². The minimum absolute atomic E-state index is 0.0156. The Balaban J connectivity index is 1.08. The highest BCUT2D eigenvalue weighted by molar-refractivity contribution is 7.70. The molecule has 0 amide bonds. The Bertz CT molecular complexity index is 2440. The summed E-state index contributed by atoms with van der Waals surface area (Å²) in [4.78, 5) is 15.1. The molecule has 2 aliphatic carbocycles. The van der Waals surface area contributed by atoms with Gasteiger partial charge in [-0.15, -0.1) is 0 Å². The molecule has 0 spiro atoms. The molecule has 6 aromatic carbocycles. The number of hydrogen-bond acceptors (Lipinski definition) is 4. The lowest BCUT2D eigenvalue weighted by atomic mass is 9.64. The Hall–Kier alpha value is -5.44. The lowest BCUT2D eigenvalue weighted by molar-refractivity contribution is 0.320. The zero-order valence-corrected chi connectivity index (χ0v) is 31.1. The summed E-state index contributed by atoms with van der Waals surface area (Å²) < 4.78 is 12.6. The van der Waals surface area contributed by atoms with Crippen molar-refractivity contribution in [2.24, 2.45) is 11.8 Å². The fraction of sp³-hybridized carbons (Fsp3) is 0.188. The average molecular weight is 708 g/mol. The molecule has 1 heterocycles. The van der Waals surface area contributed by atoms with E-state index >= 15 is 0 Å². The highest BCUT2D eigenvalue weighted by atomic mass is 31.2. The fourth-order valence-corrected chi connectivity index (χ4v) is 9.78. The summed E-state index contributed by atoms with van der Waals surface area (Å²) in [6.07, 6.45) is 5.07. The van der Waals surface area contributed by atoms with E-state index in [0.29, 0.717) is 23.4 Å². The number of benzene rings is 6. The van der Waals surface area contributed by atoms with Gasteiger partial charge < -0.3 is 4.57 Å². The molecule has 0 aliphatic heterocycles. The van der Waals surface area contributed by atoms with Crippen molar-refractivity contribution in [3.63, 3.8) is 0 Å². The maximum absolute atomic E-state index is 12.6. The van der Waals surface area contributed by atoms with Crippen LogP contribution in [-0.4, -0.2) is 28.3 Å². The number of aromatic nitrogens is 3.